The van der Waals surface area contributed by atoms with E-state index in [1.165, 1.54) is 0 Å². The van der Waals surface area contributed by atoms with Gasteiger partial charge in [-0.2, -0.15) is 13.2 Å². The van der Waals surface area contributed by atoms with E-state index in [1.54, 1.807) is 30.3 Å². The number of hydrogen-bond donors (Lipinski definition) is 0. The van der Waals surface area contributed by atoms with E-state index in [4.69, 9.17) is 4.74 Å². The van der Waals surface area contributed by atoms with E-state index < -0.39 is 29.3 Å². The second kappa shape index (κ2) is 8.42. The highest BCUT2D eigenvalue weighted by Crippen LogP contribution is 2.29. The quantitative estimate of drug-likeness (QED) is 0.424. The molecule has 0 N–H and O–H groups in total. The van der Waals surface area contributed by atoms with Crippen LogP contribution in [0.4, 0.5) is 13.2 Å². The average molecular weight is 364 g/mol. The first-order valence-corrected chi connectivity index (χ1v) is 7.71. The summed E-state index contributed by atoms with van der Waals surface area (Å²) in [6, 6.07) is 12.4. The number of halogens is 3. The maximum absolute atomic E-state index is 12.5. The van der Waals surface area contributed by atoms with E-state index in [2.05, 4.69) is 0 Å². The Balaban J connectivity index is 1.82. The van der Waals surface area contributed by atoms with Gasteiger partial charge in [-0.25, -0.2) is 4.79 Å². The predicted octanol–water partition coefficient (Wildman–Crippen LogP) is 3.98. The highest BCUT2D eigenvalue weighted by molar-refractivity contribution is 6.34. The van der Waals surface area contributed by atoms with Gasteiger partial charge in [-0.1, -0.05) is 42.5 Å². The maximum Gasteiger partial charge on any atom is 0.416 e. The van der Waals surface area contributed by atoms with Crippen molar-refractivity contribution in [3.63, 3.8) is 0 Å². The third-order valence-corrected chi connectivity index (χ3v) is 3.55. The molecule has 7 heteroatoms. The second-order valence-electron chi connectivity index (χ2n) is 5.48. The SMILES string of the molecule is O=C(CCC(=O)c1ccc(C(F)(F)F)cc1)C(=O)OCc1ccccc1. The van der Waals surface area contributed by atoms with Gasteiger partial charge in [0.05, 0.1) is 5.56 Å². The zero-order valence-electron chi connectivity index (χ0n) is 13.6. The molecule has 0 radical (unpaired) electrons. The molecule has 0 bridgehead atoms. The highest BCUT2D eigenvalue weighted by Gasteiger charge is 2.30. The molecule has 0 saturated carbocycles. The molecule has 0 fully saturated rings. The van der Waals surface area contributed by atoms with Crippen LogP contribution in [0, 0.1) is 0 Å². The Morgan fingerprint density at radius 3 is 2.04 bits per heavy atom. The summed E-state index contributed by atoms with van der Waals surface area (Å²) >= 11 is 0. The summed E-state index contributed by atoms with van der Waals surface area (Å²) in [5.74, 6) is -2.43. The Labute approximate surface area is 147 Å². The molecule has 4 nitrogen and oxygen atoms in total. The molecule has 136 valence electrons. The number of alkyl halides is 3. The maximum atomic E-state index is 12.5. The van der Waals surface area contributed by atoms with Crippen molar-refractivity contribution in [2.45, 2.75) is 25.6 Å². The molecule has 0 spiro atoms. The van der Waals surface area contributed by atoms with Crippen molar-refractivity contribution in [2.75, 3.05) is 0 Å². The first-order valence-electron chi connectivity index (χ1n) is 7.71. The minimum Gasteiger partial charge on any atom is -0.455 e. The number of hydrogen-bond acceptors (Lipinski definition) is 4. The van der Waals surface area contributed by atoms with Crippen LogP contribution in [0.3, 0.4) is 0 Å². The fraction of sp³-hybridized carbons (Fsp3) is 0.211. The number of ether oxygens (including phenoxy) is 1. The van der Waals surface area contributed by atoms with Crippen molar-refractivity contribution in [2.24, 2.45) is 0 Å². The first kappa shape index (κ1) is 19.4. The second-order valence-corrected chi connectivity index (χ2v) is 5.48. The molecule has 0 aliphatic heterocycles. The molecule has 0 heterocycles. The van der Waals surface area contributed by atoms with E-state index in [0.717, 1.165) is 29.8 Å². The van der Waals surface area contributed by atoms with Crippen LogP contribution in [0.5, 0.6) is 0 Å². The van der Waals surface area contributed by atoms with Crippen molar-refractivity contribution >= 4 is 17.5 Å². The Bertz CT molecular complexity index is 781. The van der Waals surface area contributed by atoms with E-state index in [-0.39, 0.29) is 25.0 Å². The lowest BCUT2D eigenvalue weighted by Gasteiger charge is -2.07. The van der Waals surface area contributed by atoms with Crippen LogP contribution in [-0.4, -0.2) is 17.5 Å². The Morgan fingerprint density at radius 2 is 1.46 bits per heavy atom. The summed E-state index contributed by atoms with van der Waals surface area (Å²) in [6.07, 6.45) is -5.14. The lowest BCUT2D eigenvalue weighted by atomic mass is 10.0. The number of carbonyl (C=O) groups excluding carboxylic acids is 3. The molecule has 2 aromatic carbocycles. The van der Waals surface area contributed by atoms with Gasteiger partial charge < -0.3 is 4.74 Å². The zero-order chi connectivity index (χ0) is 19.2. The molecule has 0 saturated heterocycles. The molecule has 2 aromatic rings. The fourth-order valence-electron chi connectivity index (χ4n) is 2.12. The number of Topliss-reactive ketones (excluding diaryl/α,β-unsaturated/α-hetero) is 2. The summed E-state index contributed by atoms with van der Waals surface area (Å²) in [4.78, 5) is 35.2. The number of carbonyl (C=O) groups is 3. The molecule has 26 heavy (non-hydrogen) atoms. The lowest BCUT2D eigenvalue weighted by molar-refractivity contribution is -0.154. The monoisotopic (exact) mass is 364 g/mol. The van der Waals surface area contributed by atoms with E-state index >= 15 is 0 Å². The standard InChI is InChI=1S/C19H15F3O4/c20-19(21,22)15-8-6-14(7-9-15)16(23)10-11-17(24)18(25)26-12-13-4-2-1-3-5-13/h1-9H,10-12H2. The third kappa shape index (κ3) is 5.54. The average Bonchev–Trinajstić information content (AvgIpc) is 2.64. The van der Waals surface area contributed by atoms with Gasteiger partial charge in [-0.05, 0) is 17.7 Å². The summed E-state index contributed by atoms with van der Waals surface area (Å²) in [5.41, 5.74) is -0.104. The third-order valence-electron chi connectivity index (χ3n) is 3.55. The van der Waals surface area contributed by atoms with Gasteiger partial charge in [-0.15, -0.1) is 0 Å². The normalized spacial score (nSPS) is 11.0. The topological polar surface area (TPSA) is 60.4 Å². The molecule has 0 unspecified atom stereocenters. The van der Waals surface area contributed by atoms with Crippen LogP contribution >= 0.6 is 0 Å². The number of esters is 1. The van der Waals surface area contributed by atoms with Crippen LogP contribution in [0.15, 0.2) is 54.6 Å². The minimum absolute atomic E-state index is 0.0449. The largest absolute Gasteiger partial charge is 0.455 e. The van der Waals surface area contributed by atoms with Gasteiger partial charge in [0.1, 0.15) is 6.61 Å². The highest BCUT2D eigenvalue weighted by atomic mass is 19.4. The predicted molar refractivity (Wildman–Crippen MR) is 86.3 cm³/mol. The lowest BCUT2D eigenvalue weighted by Crippen LogP contribution is -2.18. The number of ketones is 2. The van der Waals surface area contributed by atoms with Crippen molar-refractivity contribution in [3.8, 4) is 0 Å². The Morgan fingerprint density at radius 1 is 0.846 bits per heavy atom. The number of benzene rings is 2. The molecule has 0 aromatic heterocycles. The van der Waals surface area contributed by atoms with E-state index in [1.807, 2.05) is 0 Å². The van der Waals surface area contributed by atoms with Gasteiger partial charge >= 0.3 is 12.1 Å². The molecule has 0 aliphatic rings. The van der Waals surface area contributed by atoms with Crippen LogP contribution in [0.25, 0.3) is 0 Å². The minimum atomic E-state index is -4.49. The van der Waals surface area contributed by atoms with Crippen molar-refractivity contribution in [1.29, 1.82) is 0 Å². The van der Waals surface area contributed by atoms with Crippen LogP contribution in [0.2, 0.25) is 0 Å². The van der Waals surface area contributed by atoms with Gasteiger partial charge in [-0.3, -0.25) is 9.59 Å². The molecular weight excluding hydrogens is 349 g/mol. The van der Waals surface area contributed by atoms with Gasteiger partial charge in [0.2, 0.25) is 5.78 Å². The molecule has 0 amide bonds. The summed E-state index contributed by atoms with van der Waals surface area (Å²) < 4.78 is 42.3. The van der Waals surface area contributed by atoms with Crippen LogP contribution < -0.4 is 0 Å². The zero-order valence-corrected chi connectivity index (χ0v) is 13.6. The Kier molecular flexibility index (Phi) is 6.27. The molecule has 0 atom stereocenters. The fourth-order valence-corrected chi connectivity index (χ4v) is 2.12. The van der Waals surface area contributed by atoms with E-state index in [9.17, 15) is 27.6 Å². The van der Waals surface area contributed by atoms with Gasteiger partial charge in [0, 0.05) is 18.4 Å². The van der Waals surface area contributed by atoms with Crippen molar-refractivity contribution in [1.82, 2.24) is 0 Å². The Hall–Kier alpha value is -2.96. The molecule has 0 aliphatic carbocycles. The summed E-state index contributed by atoms with van der Waals surface area (Å²) in [7, 11) is 0. The van der Waals surface area contributed by atoms with Crippen LogP contribution in [-0.2, 0) is 27.1 Å². The molecule has 2 rings (SSSR count). The van der Waals surface area contributed by atoms with Gasteiger partial charge in [0.25, 0.3) is 0 Å². The summed E-state index contributed by atoms with van der Waals surface area (Å²) in [6.45, 7) is -0.0573. The molecular formula is C19H15F3O4. The van der Waals surface area contributed by atoms with Crippen LogP contribution in [0.1, 0.15) is 34.3 Å². The smallest absolute Gasteiger partial charge is 0.416 e. The number of rotatable bonds is 7. The van der Waals surface area contributed by atoms with Crippen molar-refractivity contribution < 1.29 is 32.3 Å². The summed E-state index contributed by atoms with van der Waals surface area (Å²) in [5, 5.41) is 0. The van der Waals surface area contributed by atoms with E-state index in [0.29, 0.717) is 0 Å². The van der Waals surface area contributed by atoms with Gasteiger partial charge in [0.15, 0.2) is 5.78 Å². The first-order chi connectivity index (χ1) is 12.3. The van der Waals surface area contributed by atoms with Crippen molar-refractivity contribution in [3.05, 3.63) is 71.3 Å².